The van der Waals surface area contributed by atoms with Crippen molar-refractivity contribution in [1.82, 2.24) is 0 Å². The first-order valence-electron chi connectivity index (χ1n) is 6.19. The predicted molar refractivity (Wildman–Crippen MR) is 83.8 cm³/mol. The highest BCUT2D eigenvalue weighted by molar-refractivity contribution is 9.10. The van der Waals surface area contributed by atoms with E-state index in [0.717, 1.165) is 11.6 Å². The molecule has 3 N–H and O–H groups in total. The van der Waals surface area contributed by atoms with Crippen molar-refractivity contribution in [2.24, 2.45) is 0 Å². The zero-order valence-corrected chi connectivity index (χ0v) is 12.9. The molecule has 0 saturated carbocycles. The van der Waals surface area contributed by atoms with Crippen LogP contribution in [-0.2, 0) is 4.79 Å². The predicted octanol–water partition coefficient (Wildman–Crippen LogP) is 3.50. The van der Waals surface area contributed by atoms with Crippen LogP contribution in [0.5, 0.6) is 5.75 Å². The summed E-state index contributed by atoms with van der Waals surface area (Å²) in [6.07, 6.45) is 0. The van der Waals surface area contributed by atoms with Crippen molar-refractivity contribution in [3.63, 3.8) is 0 Å². The van der Waals surface area contributed by atoms with Gasteiger partial charge in [-0.1, -0.05) is 17.7 Å². The number of nitrogen functional groups attached to an aromatic ring is 1. The molecule has 0 heterocycles. The second-order valence-corrected chi connectivity index (χ2v) is 5.36. The minimum absolute atomic E-state index is 0.130. The summed E-state index contributed by atoms with van der Waals surface area (Å²) >= 11 is 3.15. The molecule has 6 heteroatoms. The van der Waals surface area contributed by atoms with E-state index in [1.165, 1.54) is 6.07 Å². The van der Waals surface area contributed by atoms with Gasteiger partial charge >= 0.3 is 0 Å². The number of carbonyl (C=O) groups is 1. The van der Waals surface area contributed by atoms with E-state index in [1.54, 1.807) is 12.1 Å². The number of amides is 1. The standard InChI is InChI=1S/C15H14BrFN2O2/c1-9-2-4-11(5-3-9)19-14(20)8-21-15-12(16)6-10(17)7-13(15)18/h2-7H,8,18H2,1H3,(H,19,20). The molecule has 0 aliphatic rings. The molecule has 2 aromatic carbocycles. The number of anilines is 2. The van der Waals surface area contributed by atoms with Crippen LogP contribution in [-0.4, -0.2) is 12.5 Å². The van der Waals surface area contributed by atoms with Gasteiger partial charge in [-0.2, -0.15) is 0 Å². The minimum atomic E-state index is -0.476. The van der Waals surface area contributed by atoms with Gasteiger partial charge in [-0.25, -0.2) is 4.39 Å². The van der Waals surface area contributed by atoms with Gasteiger partial charge in [0.15, 0.2) is 12.4 Å². The molecule has 2 aromatic rings. The number of benzene rings is 2. The van der Waals surface area contributed by atoms with Gasteiger partial charge in [0.25, 0.3) is 5.91 Å². The molecule has 2 rings (SSSR count). The topological polar surface area (TPSA) is 64.3 Å². The maximum atomic E-state index is 13.1. The summed E-state index contributed by atoms with van der Waals surface area (Å²) in [7, 11) is 0. The highest BCUT2D eigenvalue weighted by Gasteiger charge is 2.11. The summed E-state index contributed by atoms with van der Waals surface area (Å²) in [5, 5.41) is 2.70. The summed E-state index contributed by atoms with van der Waals surface area (Å²) in [5.41, 5.74) is 7.57. The molecule has 0 atom stereocenters. The third-order valence-electron chi connectivity index (χ3n) is 2.72. The fourth-order valence-electron chi connectivity index (χ4n) is 1.70. The Labute approximate surface area is 130 Å². The molecule has 1 amide bonds. The van der Waals surface area contributed by atoms with Crippen LogP contribution in [0.4, 0.5) is 15.8 Å². The summed E-state index contributed by atoms with van der Waals surface area (Å²) in [5.74, 6) is -0.555. The molecule has 21 heavy (non-hydrogen) atoms. The Kier molecular flexibility index (Phi) is 4.80. The van der Waals surface area contributed by atoms with Crippen LogP contribution < -0.4 is 15.8 Å². The number of halogens is 2. The Morgan fingerprint density at radius 1 is 1.33 bits per heavy atom. The molecule has 0 bridgehead atoms. The van der Waals surface area contributed by atoms with E-state index in [9.17, 15) is 9.18 Å². The molecule has 0 saturated heterocycles. The van der Waals surface area contributed by atoms with Gasteiger partial charge in [-0.05, 0) is 41.1 Å². The number of carbonyl (C=O) groups excluding carboxylic acids is 1. The van der Waals surface area contributed by atoms with Gasteiger partial charge in [0.05, 0.1) is 10.2 Å². The first kappa shape index (κ1) is 15.3. The van der Waals surface area contributed by atoms with Crippen LogP contribution in [0.2, 0.25) is 0 Å². The monoisotopic (exact) mass is 352 g/mol. The van der Waals surface area contributed by atoms with Crippen molar-refractivity contribution in [3.8, 4) is 5.75 Å². The molecule has 0 fully saturated rings. The van der Waals surface area contributed by atoms with Crippen molar-refractivity contribution in [2.45, 2.75) is 6.92 Å². The Hall–Kier alpha value is -2.08. The minimum Gasteiger partial charge on any atom is -0.480 e. The number of aryl methyl sites for hydroxylation is 1. The molecule has 0 aliphatic carbocycles. The quantitative estimate of drug-likeness (QED) is 0.827. The summed E-state index contributed by atoms with van der Waals surface area (Å²) in [6, 6.07) is 9.75. The second kappa shape index (κ2) is 6.58. The maximum absolute atomic E-state index is 13.1. The number of ether oxygens (including phenoxy) is 1. The van der Waals surface area contributed by atoms with Gasteiger partial charge in [0.1, 0.15) is 5.82 Å². The third kappa shape index (κ3) is 4.19. The molecule has 0 unspecified atom stereocenters. The number of hydrogen-bond donors (Lipinski definition) is 2. The third-order valence-corrected chi connectivity index (χ3v) is 3.31. The van der Waals surface area contributed by atoms with Crippen molar-refractivity contribution in [3.05, 3.63) is 52.3 Å². The van der Waals surface area contributed by atoms with Crippen molar-refractivity contribution in [1.29, 1.82) is 0 Å². The Morgan fingerprint density at radius 3 is 2.62 bits per heavy atom. The lowest BCUT2D eigenvalue weighted by Gasteiger charge is -2.11. The summed E-state index contributed by atoms with van der Waals surface area (Å²) in [4.78, 5) is 11.8. The molecule has 0 aliphatic heterocycles. The fraction of sp³-hybridized carbons (Fsp3) is 0.133. The number of hydrogen-bond acceptors (Lipinski definition) is 3. The summed E-state index contributed by atoms with van der Waals surface area (Å²) < 4.78 is 18.8. The highest BCUT2D eigenvalue weighted by Crippen LogP contribution is 2.32. The van der Waals surface area contributed by atoms with Gasteiger partial charge in [-0.15, -0.1) is 0 Å². The summed E-state index contributed by atoms with van der Waals surface area (Å²) in [6.45, 7) is 1.74. The lowest BCUT2D eigenvalue weighted by atomic mass is 10.2. The highest BCUT2D eigenvalue weighted by atomic mass is 79.9. The fourth-order valence-corrected chi connectivity index (χ4v) is 2.27. The first-order chi connectivity index (χ1) is 9.95. The number of nitrogens with two attached hydrogens (primary N) is 1. The van der Waals surface area contributed by atoms with Crippen LogP contribution in [0, 0.1) is 12.7 Å². The van der Waals surface area contributed by atoms with Crippen LogP contribution >= 0.6 is 15.9 Å². The lowest BCUT2D eigenvalue weighted by molar-refractivity contribution is -0.118. The van der Waals surface area contributed by atoms with E-state index in [0.29, 0.717) is 10.2 Å². The Bertz CT molecular complexity index is 636. The Morgan fingerprint density at radius 2 is 2.00 bits per heavy atom. The zero-order chi connectivity index (χ0) is 15.4. The molecular weight excluding hydrogens is 339 g/mol. The SMILES string of the molecule is Cc1ccc(NC(=O)COc2c(N)cc(F)cc2Br)cc1. The molecule has 0 aromatic heterocycles. The van der Waals surface area contributed by atoms with Gasteiger partial charge < -0.3 is 15.8 Å². The lowest BCUT2D eigenvalue weighted by Crippen LogP contribution is -2.20. The normalized spacial score (nSPS) is 10.2. The Balaban J connectivity index is 1.97. The van der Waals surface area contributed by atoms with Crippen LogP contribution in [0.25, 0.3) is 0 Å². The van der Waals surface area contributed by atoms with E-state index >= 15 is 0 Å². The van der Waals surface area contributed by atoms with Gasteiger partial charge in [0.2, 0.25) is 0 Å². The van der Waals surface area contributed by atoms with E-state index < -0.39 is 5.82 Å². The van der Waals surface area contributed by atoms with Crippen molar-refractivity contribution < 1.29 is 13.9 Å². The largest absolute Gasteiger partial charge is 0.480 e. The van der Waals surface area contributed by atoms with E-state index in [-0.39, 0.29) is 24.0 Å². The number of rotatable bonds is 4. The van der Waals surface area contributed by atoms with E-state index in [2.05, 4.69) is 21.2 Å². The average Bonchev–Trinajstić information content (AvgIpc) is 2.40. The maximum Gasteiger partial charge on any atom is 0.262 e. The number of nitrogens with one attached hydrogen (secondary N) is 1. The molecule has 0 radical (unpaired) electrons. The second-order valence-electron chi connectivity index (χ2n) is 4.51. The van der Waals surface area contributed by atoms with Crippen molar-refractivity contribution in [2.75, 3.05) is 17.7 Å². The average molecular weight is 353 g/mol. The van der Waals surface area contributed by atoms with Gasteiger partial charge in [-0.3, -0.25) is 4.79 Å². The zero-order valence-electron chi connectivity index (χ0n) is 11.3. The smallest absolute Gasteiger partial charge is 0.262 e. The van der Waals surface area contributed by atoms with Crippen LogP contribution in [0.1, 0.15) is 5.56 Å². The van der Waals surface area contributed by atoms with Crippen LogP contribution in [0.3, 0.4) is 0 Å². The molecule has 4 nitrogen and oxygen atoms in total. The molecule has 110 valence electrons. The first-order valence-corrected chi connectivity index (χ1v) is 6.99. The van der Waals surface area contributed by atoms with E-state index in [1.807, 2.05) is 19.1 Å². The van der Waals surface area contributed by atoms with Gasteiger partial charge in [0, 0.05) is 11.8 Å². The van der Waals surface area contributed by atoms with Crippen molar-refractivity contribution >= 4 is 33.2 Å². The van der Waals surface area contributed by atoms with E-state index in [4.69, 9.17) is 10.5 Å². The van der Waals surface area contributed by atoms with Crippen LogP contribution in [0.15, 0.2) is 40.9 Å². The molecular formula is C15H14BrFN2O2. The molecule has 0 spiro atoms.